The van der Waals surface area contributed by atoms with Gasteiger partial charge in [-0.3, -0.25) is 9.69 Å². The largest absolute Gasteiger partial charge is 0.461 e. The molecule has 0 bridgehead atoms. The second-order valence-electron chi connectivity index (χ2n) is 4.80. The fourth-order valence-corrected chi connectivity index (χ4v) is 2.62. The number of likely N-dealkylation sites (tertiary alicyclic amines) is 1. The van der Waals surface area contributed by atoms with Crippen molar-refractivity contribution in [1.29, 1.82) is 0 Å². The molecule has 2 atom stereocenters. The number of hydrogen-bond donors (Lipinski definition) is 0. The molecule has 2 rings (SSSR count). The minimum atomic E-state index is 0.00285. The Balaban J connectivity index is 1.92. The van der Waals surface area contributed by atoms with Gasteiger partial charge in [-0.25, -0.2) is 0 Å². The fourth-order valence-electron chi connectivity index (χ4n) is 2.62. The smallest absolute Gasteiger partial charge is 0.323 e. The summed E-state index contributed by atoms with van der Waals surface area (Å²) in [5.74, 6) is 0.00285. The SMILES string of the molecule is CC1CC(N2CCCCCCC2)C(=O)O1. The molecule has 2 saturated heterocycles. The van der Waals surface area contributed by atoms with Crippen molar-refractivity contribution in [2.75, 3.05) is 13.1 Å². The summed E-state index contributed by atoms with van der Waals surface area (Å²) in [5, 5.41) is 0. The topological polar surface area (TPSA) is 29.5 Å². The first-order valence-corrected chi connectivity index (χ1v) is 6.22. The van der Waals surface area contributed by atoms with E-state index in [2.05, 4.69) is 4.90 Å². The van der Waals surface area contributed by atoms with Crippen LogP contribution in [0.4, 0.5) is 0 Å². The lowest BCUT2D eigenvalue weighted by Gasteiger charge is -2.27. The maximum atomic E-state index is 11.6. The Bertz CT molecular complexity index is 222. The molecule has 0 spiro atoms. The molecule has 0 aromatic rings. The van der Waals surface area contributed by atoms with Crippen molar-refractivity contribution >= 4 is 5.97 Å². The first kappa shape index (κ1) is 10.9. The average Bonchev–Trinajstić information content (AvgIpc) is 2.45. The number of rotatable bonds is 1. The molecule has 3 nitrogen and oxygen atoms in total. The van der Waals surface area contributed by atoms with Gasteiger partial charge >= 0.3 is 5.97 Å². The van der Waals surface area contributed by atoms with Crippen molar-refractivity contribution in [3.05, 3.63) is 0 Å². The third-order valence-electron chi connectivity index (χ3n) is 3.48. The molecule has 2 heterocycles. The second-order valence-corrected chi connectivity index (χ2v) is 4.80. The van der Waals surface area contributed by atoms with Crippen LogP contribution in [0.3, 0.4) is 0 Å². The molecule has 0 N–H and O–H groups in total. The molecule has 0 aromatic heterocycles. The number of nitrogens with zero attached hydrogens (tertiary/aromatic N) is 1. The van der Waals surface area contributed by atoms with Crippen LogP contribution in [0.2, 0.25) is 0 Å². The molecule has 2 aliphatic rings. The molecule has 0 aliphatic carbocycles. The highest BCUT2D eigenvalue weighted by Gasteiger charge is 2.35. The zero-order valence-corrected chi connectivity index (χ0v) is 9.58. The van der Waals surface area contributed by atoms with E-state index in [4.69, 9.17) is 4.74 Å². The molecule has 0 saturated carbocycles. The number of hydrogen-bond acceptors (Lipinski definition) is 3. The Kier molecular flexibility index (Phi) is 3.62. The van der Waals surface area contributed by atoms with Gasteiger partial charge in [-0.1, -0.05) is 19.3 Å². The van der Waals surface area contributed by atoms with Crippen LogP contribution >= 0.6 is 0 Å². The Morgan fingerprint density at radius 1 is 1.13 bits per heavy atom. The summed E-state index contributed by atoms with van der Waals surface area (Å²) in [5.41, 5.74) is 0. The van der Waals surface area contributed by atoms with Gasteiger partial charge in [-0.05, 0) is 32.9 Å². The minimum absolute atomic E-state index is 0.00285. The zero-order chi connectivity index (χ0) is 10.7. The van der Waals surface area contributed by atoms with Crippen molar-refractivity contribution in [3.63, 3.8) is 0 Å². The maximum Gasteiger partial charge on any atom is 0.323 e. The molecule has 0 amide bonds. The van der Waals surface area contributed by atoms with Gasteiger partial charge < -0.3 is 4.74 Å². The van der Waals surface area contributed by atoms with Crippen LogP contribution in [0.15, 0.2) is 0 Å². The number of ether oxygens (including phenoxy) is 1. The Morgan fingerprint density at radius 2 is 1.73 bits per heavy atom. The van der Waals surface area contributed by atoms with E-state index in [1.807, 2.05) is 6.92 Å². The van der Waals surface area contributed by atoms with Gasteiger partial charge in [0.15, 0.2) is 0 Å². The Morgan fingerprint density at radius 3 is 2.27 bits per heavy atom. The van der Waals surface area contributed by atoms with Crippen LogP contribution in [0.25, 0.3) is 0 Å². The van der Waals surface area contributed by atoms with Gasteiger partial charge in [0.1, 0.15) is 12.1 Å². The van der Waals surface area contributed by atoms with Crippen LogP contribution in [0.1, 0.15) is 45.4 Å². The third kappa shape index (κ3) is 2.71. The van der Waals surface area contributed by atoms with E-state index in [1.54, 1.807) is 0 Å². The summed E-state index contributed by atoms with van der Waals surface area (Å²) >= 11 is 0. The maximum absolute atomic E-state index is 11.6. The van der Waals surface area contributed by atoms with E-state index in [1.165, 1.54) is 32.1 Å². The molecule has 2 unspecified atom stereocenters. The van der Waals surface area contributed by atoms with Crippen LogP contribution in [-0.4, -0.2) is 36.1 Å². The molecular formula is C12H21NO2. The minimum Gasteiger partial charge on any atom is -0.461 e. The standard InChI is InChI=1S/C12H21NO2/c1-10-9-11(12(14)15-10)13-7-5-3-2-4-6-8-13/h10-11H,2-9H2,1H3. The third-order valence-corrected chi connectivity index (χ3v) is 3.48. The van der Waals surface area contributed by atoms with Gasteiger partial charge in [0, 0.05) is 6.42 Å². The predicted molar refractivity (Wildman–Crippen MR) is 58.6 cm³/mol. The van der Waals surface area contributed by atoms with Crippen molar-refractivity contribution in [2.45, 2.75) is 57.6 Å². The normalized spacial score (nSPS) is 34.6. The predicted octanol–water partition coefficient (Wildman–Crippen LogP) is 1.96. The highest BCUT2D eigenvalue weighted by Crippen LogP contribution is 2.22. The van der Waals surface area contributed by atoms with E-state index in [0.717, 1.165) is 19.5 Å². The number of cyclic esters (lactones) is 1. The van der Waals surface area contributed by atoms with E-state index in [9.17, 15) is 4.79 Å². The molecule has 0 aromatic carbocycles. The molecule has 2 fully saturated rings. The summed E-state index contributed by atoms with van der Waals surface area (Å²) in [6.45, 7) is 4.14. The summed E-state index contributed by atoms with van der Waals surface area (Å²) in [6, 6.07) is 0.0538. The first-order chi connectivity index (χ1) is 7.27. The molecule has 2 aliphatic heterocycles. The Hall–Kier alpha value is -0.570. The average molecular weight is 211 g/mol. The van der Waals surface area contributed by atoms with Crippen LogP contribution in [0.5, 0.6) is 0 Å². The van der Waals surface area contributed by atoms with E-state index in [-0.39, 0.29) is 18.1 Å². The summed E-state index contributed by atoms with van der Waals surface area (Å²) < 4.78 is 5.22. The van der Waals surface area contributed by atoms with Crippen molar-refractivity contribution in [2.24, 2.45) is 0 Å². The molecule has 0 radical (unpaired) electrons. The van der Waals surface area contributed by atoms with Crippen LogP contribution in [0, 0.1) is 0 Å². The molecule has 3 heteroatoms. The summed E-state index contributed by atoms with van der Waals surface area (Å²) in [4.78, 5) is 14.0. The molecular weight excluding hydrogens is 190 g/mol. The number of carbonyl (C=O) groups excluding carboxylic acids is 1. The highest BCUT2D eigenvalue weighted by molar-refractivity contribution is 5.77. The van der Waals surface area contributed by atoms with Gasteiger partial charge in [0.25, 0.3) is 0 Å². The van der Waals surface area contributed by atoms with E-state index < -0.39 is 0 Å². The van der Waals surface area contributed by atoms with E-state index >= 15 is 0 Å². The lowest BCUT2D eigenvalue weighted by Crippen LogP contribution is -2.40. The molecule has 86 valence electrons. The highest BCUT2D eigenvalue weighted by atomic mass is 16.6. The lowest BCUT2D eigenvalue weighted by atomic mass is 10.1. The quantitative estimate of drug-likeness (QED) is 0.621. The van der Waals surface area contributed by atoms with Gasteiger partial charge in [-0.2, -0.15) is 0 Å². The summed E-state index contributed by atoms with van der Waals surface area (Å²) in [6.07, 6.45) is 7.46. The van der Waals surface area contributed by atoms with Crippen LogP contribution in [-0.2, 0) is 9.53 Å². The first-order valence-electron chi connectivity index (χ1n) is 6.22. The molecule has 15 heavy (non-hydrogen) atoms. The lowest BCUT2D eigenvalue weighted by molar-refractivity contribution is -0.144. The van der Waals surface area contributed by atoms with Gasteiger partial charge in [0.2, 0.25) is 0 Å². The number of esters is 1. The number of carbonyl (C=O) groups is 1. The zero-order valence-electron chi connectivity index (χ0n) is 9.58. The van der Waals surface area contributed by atoms with Gasteiger partial charge in [-0.15, -0.1) is 0 Å². The van der Waals surface area contributed by atoms with Crippen molar-refractivity contribution in [3.8, 4) is 0 Å². The summed E-state index contributed by atoms with van der Waals surface area (Å²) in [7, 11) is 0. The Labute approximate surface area is 91.8 Å². The van der Waals surface area contributed by atoms with Crippen molar-refractivity contribution in [1.82, 2.24) is 4.90 Å². The monoisotopic (exact) mass is 211 g/mol. The fraction of sp³-hybridized carbons (Fsp3) is 0.917. The van der Waals surface area contributed by atoms with Gasteiger partial charge in [0.05, 0.1) is 0 Å². The second kappa shape index (κ2) is 4.97. The van der Waals surface area contributed by atoms with E-state index in [0.29, 0.717) is 0 Å². The van der Waals surface area contributed by atoms with Crippen LogP contribution < -0.4 is 0 Å². The van der Waals surface area contributed by atoms with Crippen molar-refractivity contribution < 1.29 is 9.53 Å².